The Bertz CT molecular complexity index is 1090. The van der Waals surface area contributed by atoms with Gasteiger partial charge in [-0.25, -0.2) is 4.79 Å². The van der Waals surface area contributed by atoms with Crippen LogP contribution in [-0.4, -0.2) is 21.4 Å². The zero-order valence-corrected chi connectivity index (χ0v) is 16.6. The summed E-state index contributed by atoms with van der Waals surface area (Å²) in [6.07, 6.45) is 0. The summed E-state index contributed by atoms with van der Waals surface area (Å²) in [7, 11) is 0. The number of anilines is 1. The third-order valence-electron chi connectivity index (χ3n) is 4.46. The maximum absolute atomic E-state index is 12.6. The fourth-order valence-electron chi connectivity index (χ4n) is 3.10. The SMILES string of the molecule is CC[S+]([O-])c1cc(=O)c2cc(C)cc(C(C)Nc3ccccc3C(=O)O)c2o1. The van der Waals surface area contributed by atoms with Crippen LogP contribution in [0.5, 0.6) is 0 Å². The lowest BCUT2D eigenvalue weighted by Crippen LogP contribution is -2.14. The largest absolute Gasteiger partial charge is 0.609 e. The summed E-state index contributed by atoms with van der Waals surface area (Å²) in [4.78, 5) is 24.0. The van der Waals surface area contributed by atoms with E-state index in [4.69, 9.17) is 4.42 Å². The van der Waals surface area contributed by atoms with Crippen LogP contribution in [0, 0.1) is 6.92 Å². The first-order valence-corrected chi connectivity index (χ1v) is 10.2. The van der Waals surface area contributed by atoms with Crippen molar-refractivity contribution >= 4 is 33.8 Å². The van der Waals surface area contributed by atoms with Crippen molar-refractivity contribution < 1.29 is 18.9 Å². The number of hydrogen-bond acceptors (Lipinski definition) is 5. The molecule has 0 saturated carbocycles. The van der Waals surface area contributed by atoms with E-state index in [1.54, 1.807) is 31.2 Å². The van der Waals surface area contributed by atoms with Gasteiger partial charge >= 0.3 is 11.1 Å². The van der Waals surface area contributed by atoms with E-state index in [-0.39, 0.29) is 22.1 Å². The third-order valence-corrected chi connectivity index (χ3v) is 5.64. The Morgan fingerprint density at radius 1 is 1.29 bits per heavy atom. The maximum Gasteiger partial charge on any atom is 0.337 e. The monoisotopic (exact) mass is 399 g/mol. The summed E-state index contributed by atoms with van der Waals surface area (Å²) in [5.41, 5.74) is 2.30. The minimum Gasteiger partial charge on any atom is -0.609 e. The fourth-order valence-corrected chi connectivity index (χ4v) is 3.79. The van der Waals surface area contributed by atoms with Gasteiger partial charge in [0.15, 0.2) is 5.43 Å². The second kappa shape index (κ2) is 8.08. The first kappa shape index (κ1) is 20.0. The molecule has 0 amide bonds. The van der Waals surface area contributed by atoms with Crippen LogP contribution in [0.1, 0.15) is 41.4 Å². The number of carbonyl (C=O) groups is 1. The highest BCUT2D eigenvalue weighted by Crippen LogP contribution is 2.30. The van der Waals surface area contributed by atoms with Gasteiger partial charge in [0.2, 0.25) is 0 Å². The lowest BCUT2D eigenvalue weighted by molar-refractivity contribution is 0.0698. The van der Waals surface area contributed by atoms with Crippen LogP contribution in [0.15, 0.2) is 56.8 Å². The van der Waals surface area contributed by atoms with Crippen molar-refractivity contribution in [1.82, 2.24) is 0 Å². The Balaban J connectivity index is 2.13. The molecule has 0 aliphatic heterocycles. The first-order valence-electron chi connectivity index (χ1n) is 8.87. The third kappa shape index (κ3) is 3.90. The fraction of sp³-hybridized carbons (Fsp3) is 0.238. The molecule has 0 aliphatic rings. The number of aryl methyl sites for hydroxylation is 1. The van der Waals surface area contributed by atoms with E-state index < -0.39 is 17.1 Å². The molecule has 2 aromatic carbocycles. The van der Waals surface area contributed by atoms with Crippen LogP contribution < -0.4 is 10.7 Å². The molecule has 7 heteroatoms. The molecular weight excluding hydrogens is 378 g/mol. The van der Waals surface area contributed by atoms with Gasteiger partial charge in [-0.05, 0) is 44.5 Å². The minimum absolute atomic E-state index is 0.142. The topological polar surface area (TPSA) is 103 Å². The molecule has 28 heavy (non-hydrogen) atoms. The Hall–Kier alpha value is -2.77. The van der Waals surface area contributed by atoms with Gasteiger partial charge in [0, 0.05) is 22.4 Å². The number of rotatable bonds is 6. The zero-order valence-electron chi connectivity index (χ0n) is 15.8. The van der Waals surface area contributed by atoms with E-state index in [0.717, 1.165) is 5.56 Å². The number of aromatic carboxylic acids is 1. The molecule has 2 N–H and O–H groups in total. The number of carboxylic acid groups (broad SMARTS) is 1. The Morgan fingerprint density at radius 3 is 2.68 bits per heavy atom. The van der Waals surface area contributed by atoms with Crippen LogP contribution >= 0.6 is 0 Å². The van der Waals surface area contributed by atoms with E-state index >= 15 is 0 Å². The van der Waals surface area contributed by atoms with Crippen LogP contribution in [-0.2, 0) is 11.2 Å². The van der Waals surface area contributed by atoms with Crippen molar-refractivity contribution in [2.75, 3.05) is 11.1 Å². The van der Waals surface area contributed by atoms with Crippen LogP contribution in [0.25, 0.3) is 11.0 Å². The van der Waals surface area contributed by atoms with Crippen molar-refractivity contribution in [2.24, 2.45) is 0 Å². The summed E-state index contributed by atoms with van der Waals surface area (Å²) in [6.45, 7) is 5.48. The molecule has 0 fully saturated rings. The van der Waals surface area contributed by atoms with Crippen molar-refractivity contribution in [3.05, 3.63) is 69.4 Å². The van der Waals surface area contributed by atoms with Crippen molar-refractivity contribution in [2.45, 2.75) is 31.9 Å². The number of para-hydroxylation sites is 1. The summed E-state index contributed by atoms with van der Waals surface area (Å²) < 4.78 is 18.0. The molecule has 6 nitrogen and oxygen atoms in total. The summed E-state index contributed by atoms with van der Waals surface area (Å²) in [5, 5.41) is 13.1. The summed E-state index contributed by atoms with van der Waals surface area (Å²) in [5.74, 6) is -0.688. The minimum atomic E-state index is -1.40. The normalized spacial score (nSPS) is 13.3. The van der Waals surface area contributed by atoms with Gasteiger partial charge in [0.25, 0.3) is 0 Å². The van der Waals surface area contributed by atoms with E-state index in [1.165, 1.54) is 12.1 Å². The van der Waals surface area contributed by atoms with Gasteiger partial charge in [0.05, 0.1) is 23.1 Å². The summed E-state index contributed by atoms with van der Waals surface area (Å²) in [6, 6.07) is 11.2. The predicted octanol–water partition coefficient (Wildman–Crippen LogP) is 4.10. The smallest absolute Gasteiger partial charge is 0.337 e. The lowest BCUT2D eigenvalue weighted by Gasteiger charge is -2.19. The highest BCUT2D eigenvalue weighted by Gasteiger charge is 2.20. The number of benzene rings is 2. The molecule has 0 aliphatic carbocycles. The second-order valence-electron chi connectivity index (χ2n) is 6.51. The number of carboxylic acids is 1. The highest BCUT2D eigenvalue weighted by atomic mass is 32.2. The van der Waals surface area contributed by atoms with Gasteiger partial charge in [-0.1, -0.05) is 18.2 Å². The molecule has 0 bridgehead atoms. The average Bonchev–Trinajstić information content (AvgIpc) is 2.67. The Kier molecular flexibility index (Phi) is 5.76. The maximum atomic E-state index is 12.6. The molecule has 3 rings (SSSR count). The van der Waals surface area contributed by atoms with Gasteiger partial charge in [-0.15, -0.1) is 0 Å². The summed E-state index contributed by atoms with van der Waals surface area (Å²) >= 11 is -1.40. The number of hydrogen-bond donors (Lipinski definition) is 2. The molecule has 0 spiro atoms. The molecule has 2 atom stereocenters. The molecule has 2 unspecified atom stereocenters. The lowest BCUT2D eigenvalue weighted by atomic mass is 10.0. The molecule has 1 aromatic heterocycles. The van der Waals surface area contributed by atoms with E-state index in [2.05, 4.69) is 5.32 Å². The Morgan fingerprint density at radius 2 is 2.00 bits per heavy atom. The standard InChI is InChI=1S/C21H21NO5S/c1-4-28(26)19-11-18(23)16-10-12(2)9-15(20(16)27-19)13(3)22-17-8-6-5-7-14(17)21(24)25/h5-11,13,22H,4H2,1-3H3,(H,24,25). The second-order valence-corrected chi connectivity index (χ2v) is 8.18. The van der Waals surface area contributed by atoms with Gasteiger partial charge < -0.3 is 19.4 Å². The predicted molar refractivity (Wildman–Crippen MR) is 110 cm³/mol. The Labute approximate surface area is 165 Å². The van der Waals surface area contributed by atoms with Crippen molar-refractivity contribution in [3.63, 3.8) is 0 Å². The quantitative estimate of drug-likeness (QED) is 0.605. The molecular formula is C21H21NO5S. The van der Waals surface area contributed by atoms with Gasteiger partial charge in [-0.3, -0.25) is 4.79 Å². The number of fused-ring (bicyclic) bond motifs is 1. The highest BCUT2D eigenvalue weighted by molar-refractivity contribution is 7.91. The van der Waals surface area contributed by atoms with Crippen LogP contribution in [0.3, 0.4) is 0 Å². The van der Waals surface area contributed by atoms with Gasteiger partial charge in [-0.2, -0.15) is 0 Å². The molecule has 0 saturated heterocycles. The van der Waals surface area contributed by atoms with Crippen LogP contribution in [0.4, 0.5) is 5.69 Å². The molecule has 3 aromatic rings. The number of nitrogens with one attached hydrogen (secondary N) is 1. The molecule has 1 heterocycles. The zero-order chi connectivity index (χ0) is 20.4. The molecule has 146 valence electrons. The molecule has 0 radical (unpaired) electrons. The van der Waals surface area contributed by atoms with Crippen molar-refractivity contribution in [3.8, 4) is 0 Å². The van der Waals surface area contributed by atoms with E-state index in [9.17, 15) is 19.2 Å². The van der Waals surface area contributed by atoms with Crippen LogP contribution in [0.2, 0.25) is 0 Å². The van der Waals surface area contributed by atoms with E-state index in [1.807, 2.05) is 19.9 Å². The van der Waals surface area contributed by atoms with E-state index in [0.29, 0.717) is 28.0 Å². The average molecular weight is 399 g/mol. The first-order chi connectivity index (χ1) is 13.3. The van der Waals surface area contributed by atoms with Gasteiger partial charge in [0.1, 0.15) is 11.3 Å². The van der Waals surface area contributed by atoms with Crippen molar-refractivity contribution in [1.29, 1.82) is 0 Å².